The molecule has 0 unspecified atom stereocenters. The Morgan fingerprint density at radius 1 is 0.654 bits per heavy atom. The minimum atomic E-state index is 0.275. The Hall–Kier alpha value is -0.850. The second-order valence-electron chi connectivity index (χ2n) is 8.78. The highest BCUT2D eigenvalue weighted by Crippen LogP contribution is 2.20. The standard InChI is InChI=1S/C20H39N5O/c1-17(2)21-9-13-23(14-10-21)19-5-7-24(8-6-19)20(26)25-15-11-22(12-16-25)18(3)4/h17-19H,5-16H2,1-4H3. The van der Waals surface area contributed by atoms with Crippen molar-refractivity contribution in [3.05, 3.63) is 0 Å². The maximum atomic E-state index is 12.8. The van der Waals surface area contributed by atoms with Crippen LogP contribution in [0.25, 0.3) is 0 Å². The molecule has 3 aliphatic heterocycles. The Labute approximate surface area is 160 Å². The molecular weight excluding hydrogens is 326 g/mol. The number of urea groups is 1. The normalized spacial score (nSPS) is 25.5. The number of hydrogen-bond acceptors (Lipinski definition) is 4. The number of nitrogens with zero attached hydrogens (tertiary/aromatic N) is 5. The Balaban J connectivity index is 1.40. The number of rotatable bonds is 3. The fraction of sp³-hybridized carbons (Fsp3) is 0.950. The number of piperidine rings is 1. The van der Waals surface area contributed by atoms with Gasteiger partial charge in [-0.05, 0) is 40.5 Å². The molecule has 0 aromatic heterocycles. The molecule has 6 nitrogen and oxygen atoms in total. The Morgan fingerprint density at radius 3 is 1.54 bits per heavy atom. The van der Waals surface area contributed by atoms with Gasteiger partial charge in [0, 0.05) is 83.6 Å². The summed E-state index contributed by atoms with van der Waals surface area (Å²) in [6.07, 6.45) is 2.28. The highest BCUT2D eigenvalue weighted by molar-refractivity contribution is 5.74. The van der Waals surface area contributed by atoms with Gasteiger partial charge in [-0.2, -0.15) is 0 Å². The van der Waals surface area contributed by atoms with E-state index < -0.39 is 0 Å². The highest BCUT2D eigenvalue weighted by Gasteiger charge is 2.32. The van der Waals surface area contributed by atoms with Gasteiger partial charge in [0.25, 0.3) is 0 Å². The van der Waals surface area contributed by atoms with Gasteiger partial charge in [-0.25, -0.2) is 4.79 Å². The SMILES string of the molecule is CC(C)N1CCN(C(=O)N2CCC(N3CCN(C(C)C)CC3)CC2)CC1. The summed E-state index contributed by atoms with van der Waals surface area (Å²) < 4.78 is 0. The first kappa shape index (κ1) is 19.9. The average Bonchev–Trinajstić information content (AvgIpc) is 2.67. The molecule has 2 amide bonds. The molecule has 0 aromatic rings. The zero-order valence-corrected chi connectivity index (χ0v) is 17.4. The van der Waals surface area contributed by atoms with Gasteiger partial charge in [0.05, 0.1) is 0 Å². The van der Waals surface area contributed by atoms with E-state index >= 15 is 0 Å². The van der Waals surface area contributed by atoms with Crippen LogP contribution in [-0.2, 0) is 0 Å². The summed E-state index contributed by atoms with van der Waals surface area (Å²) in [6, 6.07) is 2.19. The summed E-state index contributed by atoms with van der Waals surface area (Å²) in [5.74, 6) is 0. The highest BCUT2D eigenvalue weighted by atomic mass is 16.2. The number of likely N-dealkylation sites (tertiary alicyclic amines) is 1. The van der Waals surface area contributed by atoms with Gasteiger partial charge in [0.2, 0.25) is 0 Å². The summed E-state index contributed by atoms with van der Waals surface area (Å²) in [5, 5.41) is 0. The molecule has 0 radical (unpaired) electrons. The van der Waals surface area contributed by atoms with Crippen molar-refractivity contribution in [3.8, 4) is 0 Å². The number of carbonyl (C=O) groups is 1. The second-order valence-corrected chi connectivity index (χ2v) is 8.78. The summed E-state index contributed by atoms with van der Waals surface area (Å²) >= 11 is 0. The molecular formula is C20H39N5O. The molecule has 0 N–H and O–H groups in total. The predicted molar refractivity (Wildman–Crippen MR) is 107 cm³/mol. The molecule has 3 saturated heterocycles. The maximum Gasteiger partial charge on any atom is 0.320 e. The van der Waals surface area contributed by atoms with Crippen molar-refractivity contribution in [1.82, 2.24) is 24.5 Å². The molecule has 0 atom stereocenters. The molecule has 3 aliphatic rings. The van der Waals surface area contributed by atoms with Crippen LogP contribution < -0.4 is 0 Å². The molecule has 0 spiro atoms. The van der Waals surface area contributed by atoms with E-state index in [4.69, 9.17) is 0 Å². The predicted octanol–water partition coefficient (Wildman–Crippen LogP) is 1.62. The average molecular weight is 366 g/mol. The van der Waals surface area contributed by atoms with Crippen LogP contribution in [0.15, 0.2) is 0 Å². The lowest BCUT2D eigenvalue weighted by molar-refractivity contribution is 0.0463. The van der Waals surface area contributed by atoms with Crippen molar-refractivity contribution < 1.29 is 4.79 Å². The van der Waals surface area contributed by atoms with E-state index in [2.05, 4.69) is 52.2 Å². The first-order valence-electron chi connectivity index (χ1n) is 10.7. The van der Waals surface area contributed by atoms with Gasteiger partial charge in [-0.3, -0.25) is 14.7 Å². The Kier molecular flexibility index (Phi) is 6.81. The van der Waals surface area contributed by atoms with Crippen molar-refractivity contribution in [1.29, 1.82) is 0 Å². The Bertz CT molecular complexity index is 445. The molecule has 6 heteroatoms. The monoisotopic (exact) mass is 365 g/mol. The molecule has 0 bridgehead atoms. The van der Waals surface area contributed by atoms with E-state index in [9.17, 15) is 4.79 Å². The summed E-state index contributed by atoms with van der Waals surface area (Å²) in [6.45, 7) is 19.5. The van der Waals surface area contributed by atoms with Crippen molar-refractivity contribution >= 4 is 6.03 Å². The third-order valence-electron chi connectivity index (χ3n) is 6.65. The van der Waals surface area contributed by atoms with E-state index in [0.29, 0.717) is 18.1 Å². The molecule has 0 aliphatic carbocycles. The van der Waals surface area contributed by atoms with E-state index in [1.54, 1.807) is 0 Å². The van der Waals surface area contributed by atoms with Gasteiger partial charge < -0.3 is 9.80 Å². The van der Waals surface area contributed by atoms with E-state index in [1.807, 2.05) is 0 Å². The minimum Gasteiger partial charge on any atom is -0.325 e. The van der Waals surface area contributed by atoms with Crippen molar-refractivity contribution in [3.63, 3.8) is 0 Å². The topological polar surface area (TPSA) is 33.3 Å². The molecule has 26 heavy (non-hydrogen) atoms. The van der Waals surface area contributed by atoms with Gasteiger partial charge in [-0.1, -0.05) is 0 Å². The second kappa shape index (κ2) is 8.89. The van der Waals surface area contributed by atoms with E-state index in [-0.39, 0.29) is 6.03 Å². The van der Waals surface area contributed by atoms with Gasteiger partial charge in [-0.15, -0.1) is 0 Å². The van der Waals surface area contributed by atoms with Crippen LogP contribution in [0.4, 0.5) is 4.79 Å². The van der Waals surface area contributed by atoms with Crippen molar-refractivity contribution in [2.45, 2.75) is 58.7 Å². The first-order chi connectivity index (χ1) is 12.5. The van der Waals surface area contributed by atoms with Crippen LogP contribution in [0.5, 0.6) is 0 Å². The number of piperazine rings is 2. The van der Waals surface area contributed by atoms with E-state index in [1.165, 1.54) is 26.2 Å². The molecule has 3 fully saturated rings. The van der Waals surface area contributed by atoms with Crippen LogP contribution in [0.3, 0.4) is 0 Å². The fourth-order valence-corrected chi connectivity index (χ4v) is 4.67. The number of hydrogen-bond donors (Lipinski definition) is 0. The lowest BCUT2D eigenvalue weighted by atomic mass is 10.0. The molecule has 0 saturated carbocycles. The summed E-state index contributed by atoms with van der Waals surface area (Å²) in [5.41, 5.74) is 0. The maximum absolute atomic E-state index is 12.8. The van der Waals surface area contributed by atoms with Crippen LogP contribution in [0.2, 0.25) is 0 Å². The first-order valence-corrected chi connectivity index (χ1v) is 10.7. The van der Waals surface area contributed by atoms with Crippen molar-refractivity contribution in [2.75, 3.05) is 65.4 Å². The van der Waals surface area contributed by atoms with Crippen molar-refractivity contribution in [2.24, 2.45) is 0 Å². The van der Waals surface area contributed by atoms with Crippen LogP contribution >= 0.6 is 0 Å². The third kappa shape index (κ3) is 4.70. The number of amides is 2. The van der Waals surface area contributed by atoms with Crippen LogP contribution in [0, 0.1) is 0 Å². The van der Waals surface area contributed by atoms with Gasteiger partial charge in [0.1, 0.15) is 0 Å². The lowest BCUT2D eigenvalue weighted by Crippen LogP contribution is -2.57. The van der Waals surface area contributed by atoms with Gasteiger partial charge >= 0.3 is 6.03 Å². The molecule has 3 heterocycles. The van der Waals surface area contributed by atoms with Crippen LogP contribution in [0.1, 0.15) is 40.5 Å². The van der Waals surface area contributed by atoms with E-state index in [0.717, 1.165) is 52.1 Å². The van der Waals surface area contributed by atoms with Gasteiger partial charge in [0.15, 0.2) is 0 Å². The molecule has 0 aromatic carbocycles. The smallest absolute Gasteiger partial charge is 0.320 e. The quantitative estimate of drug-likeness (QED) is 0.761. The Morgan fingerprint density at radius 2 is 1.08 bits per heavy atom. The minimum absolute atomic E-state index is 0.275. The zero-order chi connectivity index (χ0) is 18.7. The lowest BCUT2D eigenvalue weighted by Gasteiger charge is -2.45. The zero-order valence-electron chi connectivity index (χ0n) is 17.4. The third-order valence-corrected chi connectivity index (χ3v) is 6.65. The summed E-state index contributed by atoms with van der Waals surface area (Å²) in [4.78, 5) is 24.7. The van der Waals surface area contributed by atoms with Crippen LogP contribution in [-0.4, -0.2) is 114 Å². The molecule has 3 rings (SSSR count). The largest absolute Gasteiger partial charge is 0.325 e. The number of carbonyl (C=O) groups excluding carboxylic acids is 1. The molecule has 150 valence electrons. The summed E-state index contributed by atoms with van der Waals surface area (Å²) in [7, 11) is 0. The fourth-order valence-electron chi connectivity index (χ4n) is 4.67.